The summed E-state index contributed by atoms with van der Waals surface area (Å²) in [4.78, 5) is 13.5. The summed E-state index contributed by atoms with van der Waals surface area (Å²) in [5.74, 6) is 5.27. The van der Waals surface area contributed by atoms with Crippen LogP contribution < -0.4 is 5.32 Å². The molecule has 6 rings (SSSR count). The highest BCUT2D eigenvalue weighted by molar-refractivity contribution is 7.91. The van der Waals surface area contributed by atoms with Gasteiger partial charge in [-0.1, -0.05) is 54.9 Å². The molecule has 6 aliphatic rings. The van der Waals surface area contributed by atoms with Gasteiger partial charge in [0.25, 0.3) is 0 Å². The van der Waals surface area contributed by atoms with Crippen LogP contribution in [0.15, 0.2) is 0 Å². The first-order chi connectivity index (χ1) is 22.0. The number of hydrogen-bond acceptors (Lipinski definition) is 5. The van der Waals surface area contributed by atoms with E-state index in [1.54, 1.807) is 0 Å². The Balaban J connectivity index is 1.20. The molecular weight excluding hydrogens is 605 g/mol. The number of carboxylic acids is 1. The molecule has 6 fully saturated rings. The van der Waals surface area contributed by atoms with E-state index < -0.39 is 15.8 Å². The monoisotopic (exact) mass is 675 g/mol. The van der Waals surface area contributed by atoms with E-state index in [2.05, 4.69) is 58.7 Å². The van der Waals surface area contributed by atoms with Crippen molar-refractivity contribution in [3.63, 3.8) is 0 Å². The van der Waals surface area contributed by atoms with Gasteiger partial charge in [0.15, 0.2) is 9.84 Å². The summed E-state index contributed by atoms with van der Waals surface area (Å²) in [6.07, 6.45) is 16.9. The second kappa shape index (κ2) is 12.8. The zero-order chi connectivity index (χ0) is 34.0. The van der Waals surface area contributed by atoms with E-state index in [-0.39, 0.29) is 5.54 Å². The number of hydrogen-bond donors (Lipinski definition) is 2. The first-order valence-electron chi connectivity index (χ1n) is 19.9. The number of rotatable bonds is 10. The topological polar surface area (TPSA) is 86.7 Å². The van der Waals surface area contributed by atoms with Gasteiger partial charge in [-0.05, 0) is 140 Å². The molecule has 0 spiro atoms. The second-order valence-electron chi connectivity index (χ2n) is 19.4. The Morgan fingerprint density at radius 1 is 0.851 bits per heavy atom. The number of aliphatic carboxylic acids is 1. The molecule has 10 atom stereocenters. The van der Waals surface area contributed by atoms with Gasteiger partial charge in [0.05, 0.1) is 11.5 Å². The molecule has 0 bridgehead atoms. The van der Waals surface area contributed by atoms with Gasteiger partial charge in [0, 0.05) is 38.1 Å². The molecular formula is C40H70N2O4S. The van der Waals surface area contributed by atoms with E-state index in [1.807, 2.05) is 0 Å². The SMILES string of the molecule is CC(C)[C@@H]1CC[C@]2(NCCN3CCS(=O)(=O)CC3)CC[C@]3(C)[C@H](CC[C@@H]4[C@@]5(C)CCC(CCCCC(=O)O)C(C)(C)[C@@H]5CC[C@]43C)[C@@H]12. The van der Waals surface area contributed by atoms with Crippen molar-refractivity contribution in [3.8, 4) is 0 Å². The van der Waals surface area contributed by atoms with Crippen molar-refractivity contribution in [2.24, 2.45) is 63.1 Å². The number of unbranched alkanes of at least 4 members (excludes halogenated alkanes) is 1. The third-order valence-corrected chi connectivity index (χ3v) is 18.7. The van der Waals surface area contributed by atoms with Crippen molar-refractivity contribution >= 4 is 15.8 Å². The second-order valence-corrected chi connectivity index (χ2v) is 21.7. The van der Waals surface area contributed by atoms with E-state index in [9.17, 15) is 13.2 Å². The highest BCUT2D eigenvalue weighted by atomic mass is 32.2. The Hall–Kier alpha value is -0.660. The Morgan fingerprint density at radius 3 is 2.26 bits per heavy atom. The van der Waals surface area contributed by atoms with E-state index >= 15 is 0 Å². The zero-order valence-corrected chi connectivity index (χ0v) is 32.0. The molecule has 0 aromatic heterocycles. The standard InChI is InChI=1S/C40H70N2O4S/c1-28(2)30-15-19-40(41-22-23-42-24-26-47(45,46)27-25-42)21-20-38(6)31(35(30)40)12-13-33-37(5)17-14-29(10-8-9-11-34(43)44)36(3,4)32(37)16-18-39(33,38)7/h28-33,35,41H,8-27H2,1-7H3,(H,43,44)/t29?,30-,31+,32-,33+,35+,37-,38+,39+,40-/m0/s1. The van der Waals surface area contributed by atoms with Crippen LogP contribution in [-0.4, -0.2) is 67.6 Å². The molecule has 2 N–H and O–H groups in total. The fourth-order valence-electron chi connectivity index (χ4n) is 14.4. The summed E-state index contributed by atoms with van der Waals surface area (Å²) in [6.45, 7) is 21.7. The van der Waals surface area contributed by atoms with Crippen molar-refractivity contribution in [3.05, 3.63) is 0 Å². The highest BCUT2D eigenvalue weighted by Gasteiger charge is 2.70. The van der Waals surface area contributed by atoms with E-state index in [0.717, 1.165) is 55.5 Å². The van der Waals surface area contributed by atoms with E-state index in [0.29, 0.717) is 64.5 Å². The van der Waals surface area contributed by atoms with E-state index in [1.165, 1.54) is 70.6 Å². The van der Waals surface area contributed by atoms with Gasteiger partial charge >= 0.3 is 5.97 Å². The van der Waals surface area contributed by atoms with Gasteiger partial charge < -0.3 is 15.3 Å². The minimum atomic E-state index is -2.84. The smallest absolute Gasteiger partial charge is 0.303 e. The van der Waals surface area contributed by atoms with Crippen LogP contribution in [0.5, 0.6) is 0 Å². The van der Waals surface area contributed by atoms with Gasteiger partial charge in [-0.25, -0.2) is 8.42 Å². The predicted octanol–water partition coefficient (Wildman–Crippen LogP) is 8.06. The van der Waals surface area contributed by atoms with Crippen LogP contribution in [0.4, 0.5) is 0 Å². The van der Waals surface area contributed by atoms with Crippen LogP contribution in [0, 0.1) is 63.1 Å². The predicted molar refractivity (Wildman–Crippen MR) is 192 cm³/mol. The van der Waals surface area contributed by atoms with Crippen LogP contribution >= 0.6 is 0 Å². The lowest BCUT2D eigenvalue weighted by atomic mass is 9.32. The van der Waals surface area contributed by atoms with Gasteiger partial charge in [0.1, 0.15) is 0 Å². The van der Waals surface area contributed by atoms with Crippen molar-refractivity contribution < 1.29 is 18.3 Å². The number of carboxylic acid groups (broad SMARTS) is 1. The van der Waals surface area contributed by atoms with Crippen molar-refractivity contribution in [2.75, 3.05) is 37.7 Å². The molecule has 47 heavy (non-hydrogen) atoms. The average Bonchev–Trinajstić information content (AvgIpc) is 3.37. The molecule has 6 nitrogen and oxygen atoms in total. The minimum Gasteiger partial charge on any atom is -0.481 e. The summed E-state index contributed by atoms with van der Waals surface area (Å²) in [5.41, 5.74) is 1.70. The van der Waals surface area contributed by atoms with Crippen LogP contribution in [0.25, 0.3) is 0 Å². The van der Waals surface area contributed by atoms with E-state index in [4.69, 9.17) is 5.11 Å². The lowest BCUT2D eigenvalue weighted by molar-refractivity contribution is -0.239. The van der Waals surface area contributed by atoms with Crippen molar-refractivity contribution in [1.82, 2.24) is 10.2 Å². The summed E-state index contributed by atoms with van der Waals surface area (Å²) >= 11 is 0. The van der Waals surface area contributed by atoms with Crippen LogP contribution in [0.1, 0.15) is 138 Å². The summed E-state index contributed by atoms with van der Waals surface area (Å²) in [6, 6.07) is 0. The Labute approximate surface area is 288 Å². The third kappa shape index (κ3) is 6.08. The normalized spacial score (nSPS) is 45.9. The molecule has 1 unspecified atom stereocenters. The quantitative estimate of drug-likeness (QED) is 0.228. The molecule has 0 aromatic rings. The van der Waals surface area contributed by atoms with Crippen molar-refractivity contribution in [2.45, 2.75) is 144 Å². The van der Waals surface area contributed by atoms with Crippen LogP contribution in [-0.2, 0) is 14.6 Å². The Morgan fingerprint density at radius 2 is 1.57 bits per heavy atom. The fourth-order valence-corrected chi connectivity index (χ4v) is 15.7. The summed E-state index contributed by atoms with van der Waals surface area (Å²) in [5, 5.41) is 13.4. The molecule has 0 radical (unpaired) electrons. The molecule has 1 aliphatic heterocycles. The number of nitrogens with one attached hydrogen (secondary N) is 1. The van der Waals surface area contributed by atoms with Gasteiger partial charge in [0.2, 0.25) is 0 Å². The highest BCUT2D eigenvalue weighted by Crippen LogP contribution is 2.77. The van der Waals surface area contributed by atoms with Gasteiger partial charge in [-0.2, -0.15) is 0 Å². The molecule has 7 heteroatoms. The van der Waals surface area contributed by atoms with Crippen LogP contribution in [0.2, 0.25) is 0 Å². The lowest BCUT2D eigenvalue weighted by Gasteiger charge is -2.73. The maximum absolute atomic E-state index is 12.0. The summed E-state index contributed by atoms with van der Waals surface area (Å²) in [7, 11) is -2.84. The average molecular weight is 675 g/mol. The molecule has 270 valence electrons. The summed E-state index contributed by atoms with van der Waals surface area (Å²) < 4.78 is 24.0. The Bertz CT molecular complexity index is 1250. The fraction of sp³-hybridized carbons (Fsp3) is 0.975. The van der Waals surface area contributed by atoms with Gasteiger partial charge in [-0.3, -0.25) is 4.79 Å². The molecule has 1 heterocycles. The largest absolute Gasteiger partial charge is 0.481 e. The number of fused-ring (bicyclic) bond motifs is 7. The first kappa shape index (κ1) is 36.1. The lowest BCUT2D eigenvalue weighted by Crippen LogP contribution is -2.68. The maximum Gasteiger partial charge on any atom is 0.303 e. The van der Waals surface area contributed by atoms with Gasteiger partial charge in [-0.15, -0.1) is 0 Å². The first-order valence-corrected chi connectivity index (χ1v) is 21.7. The number of nitrogens with zero attached hydrogens (tertiary/aromatic N) is 1. The molecule has 1 saturated heterocycles. The zero-order valence-electron chi connectivity index (χ0n) is 31.2. The molecule has 0 aromatic carbocycles. The van der Waals surface area contributed by atoms with Crippen LogP contribution in [0.3, 0.4) is 0 Å². The number of carbonyl (C=O) groups is 1. The minimum absolute atomic E-state index is 0.242. The Kier molecular flexibility index (Phi) is 9.87. The third-order valence-electron chi connectivity index (χ3n) is 17.1. The molecule has 5 saturated carbocycles. The molecule has 5 aliphatic carbocycles. The van der Waals surface area contributed by atoms with Crippen molar-refractivity contribution in [1.29, 1.82) is 0 Å². The number of sulfone groups is 1. The molecule has 0 amide bonds. The maximum atomic E-state index is 12.0.